The monoisotopic (exact) mass is 778 g/mol. The summed E-state index contributed by atoms with van der Waals surface area (Å²) in [7, 11) is 1.73. The Hall–Kier alpha value is -1.39. The summed E-state index contributed by atoms with van der Waals surface area (Å²) in [6.45, 7) is 2.28. The average molecular weight is 778 g/mol. The fraction of sp³-hybridized carbons (Fsp3) is 0.593. The highest BCUT2D eigenvalue weighted by molar-refractivity contribution is 14.1. The van der Waals surface area contributed by atoms with Gasteiger partial charge in [0, 0.05) is 32.5 Å². The van der Waals surface area contributed by atoms with Crippen molar-refractivity contribution in [2.24, 2.45) is 5.92 Å². The van der Waals surface area contributed by atoms with Crippen molar-refractivity contribution in [3.05, 3.63) is 29.3 Å². The molecule has 2 fully saturated rings. The van der Waals surface area contributed by atoms with E-state index in [1.165, 1.54) is 11.1 Å². The van der Waals surface area contributed by atoms with Gasteiger partial charge in [-0.2, -0.15) is 0 Å². The molecule has 0 spiro atoms. The molecule has 1 saturated carbocycles. The predicted octanol–water partition coefficient (Wildman–Crippen LogP) is 4.68. The minimum atomic E-state index is -0.620. The van der Waals surface area contributed by atoms with Gasteiger partial charge in [-0.05, 0) is 62.8 Å². The van der Waals surface area contributed by atoms with Crippen LogP contribution in [-0.4, -0.2) is 63.9 Å². The van der Waals surface area contributed by atoms with Crippen LogP contribution in [0.15, 0.2) is 18.2 Å². The summed E-state index contributed by atoms with van der Waals surface area (Å²) in [4.78, 5) is 41.9. The van der Waals surface area contributed by atoms with E-state index in [1.807, 2.05) is 6.07 Å². The maximum absolute atomic E-state index is 13.9. The van der Waals surface area contributed by atoms with E-state index in [9.17, 15) is 14.4 Å². The minimum Gasteiger partial charge on any atom is -0.343 e. The van der Waals surface area contributed by atoms with Crippen molar-refractivity contribution < 1.29 is 14.4 Å². The van der Waals surface area contributed by atoms with Gasteiger partial charge in [0.05, 0.1) is 6.04 Å². The van der Waals surface area contributed by atoms with Crippen LogP contribution in [0.2, 0.25) is 0 Å². The first-order valence-electron chi connectivity index (χ1n) is 13.5. The molecule has 1 aromatic heterocycles. The highest BCUT2D eigenvalue weighted by Crippen LogP contribution is 2.33. The van der Waals surface area contributed by atoms with Crippen LogP contribution in [0.3, 0.4) is 0 Å². The van der Waals surface area contributed by atoms with Crippen molar-refractivity contribution in [3.8, 4) is 11.3 Å². The number of carbonyl (C=O) groups is 3. The first kappa shape index (κ1) is 30.6. The third-order valence-electron chi connectivity index (χ3n) is 7.84. The van der Waals surface area contributed by atoms with Crippen molar-refractivity contribution in [2.45, 2.75) is 78.9 Å². The SMILES string of the molecule is CN[C@@H](C)C(=O)N[C@H](C(=O)N1CCC[C@H]1C(=O)Nc1snnc1-c1ccc(CI)c(CI)c1)C1CCCCC1. The van der Waals surface area contributed by atoms with Crippen molar-refractivity contribution in [1.29, 1.82) is 0 Å². The molecular formula is C27H36I2N6O3S. The van der Waals surface area contributed by atoms with Gasteiger partial charge in [0.25, 0.3) is 0 Å². The number of hydrogen-bond acceptors (Lipinski definition) is 7. The van der Waals surface area contributed by atoms with Crippen LogP contribution in [0, 0.1) is 5.92 Å². The first-order valence-corrected chi connectivity index (χ1v) is 17.4. The number of halogens is 2. The second-order valence-corrected chi connectivity index (χ2v) is 12.6. The summed E-state index contributed by atoms with van der Waals surface area (Å²) >= 11 is 5.87. The molecule has 0 radical (unpaired) electrons. The lowest BCUT2D eigenvalue weighted by Crippen LogP contribution is -2.57. The fourth-order valence-corrected chi connectivity index (χ4v) is 7.47. The average Bonchev–Trinajstić information content (AvgIpc) is 3.65. The van der Waals surface area contributed by atoms with Crippen LogP contribution in [0.1, 0.15) is 63.0 Å². The number of nitrogens with one attached hydrogen (secondary N) is 3. The van der Waals surface area contributed by atoms with Crippen molar-refractivity contribution in [2.75, 3.05) is 18.9 Å². The zero-order valence-corrected chi connectivity index (χ0v) is 27.5. The highest BCUT2D eigenvalue weighted by Gasteiger charge is 2.41. The van der Waals surface area contributed by atoms with E-state index in [-0.39, 0.29) is 23.6 Å². The maximum Gasteiger partial charge on any atom is 0.247 e. The van der Waals surface area contributed by atoms with Gasteiger partial charge < -0.3 is 20.9 Å². The number of hydrogen-bond donors (Lipinski definition) is 3. The summed E-state index contributed by atoms with van der Waals surface area (Å²) in [6, 6.07) is 4.62. The molecule has 1 aliphatic heterocycles. The van der Waals surface area contributed by atoms with E-state index >= 15 is 0 Å². The summed E-state index contributed by atoms with van der Waals surface area (Å²) in [6.07, 6.45) is 6.39. The van der Waals surface area contributed by atoms with E-state index in [2.05, 4.69) is 82.9 Å². The Kier molecular flexibility index (Phi) is 11.4. The Bertz CT molecular complexity index is 1170. The van der Waals surface area contributed by atoms with Crippen molar-refractivity contribution in [1.82, 2.24) is 25.1 Å². The molecule has 1 aliphatic carbocycles. The first-order chi connectivity index (χ1) is 18.9. The Labute approximate surface area is 261 Å². The van der Waals surface area contributed by atoms with Gasteiger partial charge in [0.1, 0.15) is 22.8 Å². The minimum absolute atomic E-state index is 0.0819. The maximum atomic E-state index is 13.9. The topological polar surface area (TPSA) is 116 Å². The van der Waals surface area contributed by atoms with Gasteiger partial charge >= 0.3 is 0 Å². The standard InChI is InChI=1S/C27H36I2N6O3S/c1-16(30-2)24(36)31-23(17-7-4-3-5-8-17)27(38)35-12-6-9-21(35)25(37)32-26-22(33-34-39-26)18-10-11-19(14-28)20(13-18)15-29/h10-11,13,16-17,21,23,30H,3-9,12,14-15H2,1-2H3,(H,31,36)(H,32,37)/t16-,21-,23-/m0/s1. The number of likely N-dealkylation sites (tertiary alicyclic amines) is 1. The van der Waals surface area contributed by atoms with E-state index < -0.39 is 18.1 Å². The lowest BCUT2D eigenvalue weighted by Gasteiger charge is -2.35. The van der Waals surface area contributed by atoms with Gasteiger partial charge in [-0.25, -0.2) is 0 Å². The molecule has 1 saturated heterocycles. The molecule has 3 atom stereocenters. The van der Waals surface area contributed by atoms with Gasteiger partial charge in [-0.15, -0.1) is 5.10 Å². The Morgan fingerprint density at radius 3 is 2.51 bits per heavy atom. The molecule has 2 aromatic rings. The molecule has 2 aliphatic rings. The predicted molar refractivity (Wildman–Crippen MR) is 171 cm³/mol. The highest BCUT2D eigenvalue weighted by atomic mass is 127. The number of nitrogens with zero attached hydrogens (tertiary/aromatic N) is 3. The molecule has 0 bridgehead atoms. The molecule has 39 heavy (non-hydrogen) atoms. The quantitative estimate of drug-likeness (QED) is 0.239. The second kappa shape index (κ2) is 14.5. The third kappa shape index (κ3) is 7.28. The van der Waals surface area contributed by atoms with Gasteiger partial charge in [0.15, 0.2) is 0 Å². The lowest BCUT2D eigenvalue weighted by atomic mass is 9.83. The normalized spacial score (nSPS) is 19.5. The fourth-order valence-electron chi connectivity index (χ4n) is 5.42. The lowest BCUT2D eigenvalue weighted by molar-refractivity contribution is -0.142. The molecule has 0 unspecified atom stereocenters. The molecular weight excluding hydrogens is 742 g/mol. The zero-order chi connectivity index (χ0) is 27.9. The summed E-state index contributed by atoms with van der Waals surface area (Å²) in [5, 5.41) is 13.9. The summed E-state index contributed by atoms with van der Waals surface area (Å²) in [5.74, 6) is -0.497. The molecule has 9 nitrogen and oxygen atoms in total. The van der Waals surface area contributed by atoms with Crippen molar-refractivity contribution in [3.63, 3.8) is 0 Å². The van der Waals surface area contributed by atoms with E-state index in [0.29, 0.717) is 23.7 Å². The molecule has 3 N–H and O–H groups in total. The number of alkyl halides is 2. The van der Waals surface area contributed by atoms with Gasteiger partial charge in [-0.1, -0.05) is 81.1 Å². The number of carbonyl (C=O) groups excluding carboxylic acids is 3. The molecule has 212 valence electrons. The van der Waals surface area contributed by atoms with Crippen LogP contribution < -0.4 is 16.0 Å². The number of benzene rings is 1. The summed E-state index contributed by atoms with van der Waals surface area (Å²) in [5.41, 5.74) is 4.08. The number of amides is 3. The smallest absolute Gasteiger partial charge is 0.247 e. The Morgan fingerprint density at radius 1 is 1.08 bits per heavy atom. The molecule has 2 heterocycles. The van der Waals surface area contributed by atoms with Gasteiger partial charge in [0.2, 0.25) is 17.7 Å². The van der Waals surface area contributed by atoms with E-state index in [0.717, 1.165) is 64.5 Å². The molecule has 4 rings (SSSR count). The van der Waals surface area contributed by atoms with Crippen LogP contribution in [-0.2, 0) is 23.2 Å². The zero-order valence-electron chi connectivity index (χ0n) is 22.3. The van der Waals surface area contributed by atoms with E-state index in [1.54, 1.807) is 18.9 Å². The summed E-state index contributed by atoms with van der Waals surface area (Å²) < 4.78 is 5.93. The number of likely N-dealkylation sites (N-methyl/N-ethyl adjacent to an activating group) is 1. The Morgan fingerprint density at radius 2 is 1.82 bits per heavy atom. The second-order valence-electron chi connectivity index (χ2n) is 10.3. The van der Waals surface area contributed by atoms with Crippen LogP contribution in [0.25, 0.3) is 11.3 Å². The molecule has 1 aromatic carbocycles. The van der Waals surface area contributed by atoms with Crippen LogP contribution >= 0.6 is 56.7 Å². The third-order valence-corrected chi connectivity index (χ3v) is 10.1. The number of anilines is 1. The molecule has 12 heteroatoms. The number of aromatic nitrogens is 2. The molecule has 3 amide bonds. The van der Waals surface area contributed by atoms with Crippen LogP contribution in [0.4, 0.5) is 5.00 Å². The van der Waals surface area contributed by atoms with Gasteiger partial charge in [-0.3, -0.25) is 14.4 Å². The Balaban J connectivity index is 1.51. The largest absolute Gasteiger partial charge is 0.343 e. The van der Waals surface area contributed by atoms with Crippen molar-refractivity contribution >= 4 is 79.4 Å². The van der Waals surface area contributed by atoms with Crippen LogP contribution in [0.5, 0.6) is 0 Å². The van der Waals surface area contributed by atoms with E-state index in [4.69, 9.17) is 0 Å². The number of rotatable bonds is 10.